The van der Waals surface area contributed by atoms with Crippen molar-refractivity contribution in [2.24, 2.45) is 0 Å². The molecule has 0 spiro atoms. The van der Waals surface area contributed by atoms with Crippen LogP contribution in [0, 0.1) is 27.7 Å². The largest absolute Gasteiger partial charge is 0.265 e. The number of rotatable bonds is 6. The molecule has 0 aliphatic rings. The van der Waals surface area contributed by atoms with Crippen LogP contribution in [0.5, 0.6) is 0 Å². The van der Waals surface area contributed by atoms with Crippen LogP contribution in [0.25, 0.3) is 100 Å². The number of aromatic nitrogens is 8. The highest BCUT2D eigenvalue weighted by molar-refractivity contribution is 5.92. The van der Waals surface area contributed by atoms with Gasteiger partial charge >= 0.3 is 0 Å². The lowest BCUT2D eigenvalue weighted by Gasteiger charge is -2.08. The van der Waals surface area contributed by atoms with Crippen molar-refractivity contribution in [2.75, 3.05) is 0 Å². The van der Waals surface area contributed by atoms with Gasteiger partial charge < -0.3 is 0 Å². The molecular formula is C68H54N8. The van der Waals surface area contributed by atoms with Crippen LogP contribution >= 0.6 is 0 Å². The fourth-order valence-corrected chi connectivity index (χ4v) is 8.85. The summed E-state index contributed by atoms with van der Waals surface area (Å²) >= 11 is 0. The van der Waals surface area contributed by atoms with E-state index in [9.17, 15) is 0 Å². The van der Waals surface area contributed by atoms with E-state index in [0.29, 0.717) is 0 Å². The van der Waals surface area contributed by atoms with Crippen molar-refractivity contribution in [1.29, 1.82) is 0 Å². The van der Waals surface area contributed by atoms with Gasteiger partial charge in [0.25, 0.3) is 0 Å². The van der Waals surface area contributed by atoms with Gasteiger partial charge in [0.1, 0.15) is 5.82 Å². The van der Waals surface area contributed by atoms with Crippen LogP contribution in [0.15, 0.2) is 255 Å². The SMILES string of the molecule is Cc1cccc(-c2ccncc2)n1.Cc1nc(-c2ccc(-c3ccccc3)cc2)c2ccccc2n1.Cc1nc(-c2ccc(-c3ccccc3)cc2)nc2ccccc12.Cc1nc(-c2ccccc2)nc2ccccc12. The molecule has 76 heavy (non-hydrogen) atoms. The van der Waals surface area contributed by atoms with Crippen molar-refractivity contribution >= 4 is 32.7 Å². The first-order chi connectivity index (χ1) is 37.3. The zero-order chi connectivity index (χ0) is 52.1. The molecule has 0 saturated heterocycles. The molecule has 0 amide bonds. The van der Waals surface area contributed by atoms with Crippen LogP contribution in [0.3, 0.4) is 0 Å². The summed E-state index contributed by atoms with van der Waals surface area (Å²) in [7, 11) is 0. The van der Waals surface area contributed by atoms with Crippen LogP contribution in [-0.2, 0) is 0 Å². The standard InChI is InChI=1S/2C21H16N2.C15H12N2.C11H10N2/c1-15-22-20-10-6-5-9-19(20)21(23-15)18-13-11-17(12-14-18)16-7-3-2-4-8-16;1-15-19-9-5-6-10-20(19)23-21(22-15)18-13-11-17(12-14-18)16-7-3-2-4-8-16;1-11-13-9-5-6-10-14(13)17-15(16-11)12-7-3-2-4-8-12;1-9-3-2-4-11(13-9)10-5-7-12-8-6-10/h2*2-14H,1H3;2-10H,1H3;2-8H,1H3. The van der Waals surface area contributed by atoms with E-state index in [1.54, 1.807) is 12.4 Å². The Morgan fingerprint density at radius 1 is 0.250 bits per heavy atom. The Kier molecular flexibility index (Phi) is 15.5. The molecule has 5 aromatic heterocycles. The third kappa shape index (κ3) is 12.1. The predicted molar refractivity (Wildman–Crippen MR) is 312 cm³/mol. The van der Waals surface area contributed by atoms with Gasteiger partial charge in [-0.15, -0.1) is 0 Å². The van der Waals surface area contributed by atoms with Gasteiger partial charge in [-0.3, -0.25) is 9.97 Å². The molecule has 0 aliphatic carbocycles. The lowest BCUT2D eigenvalue weighted by molar-refractivity contribution is 1.10. The van der Waals surface area contributed by atoms with E-state index in [2.05, 4.69) is 150 Å². The zero-order valence-electron chi connectivity index (χ0n) is 42.8. The first kappa shape index (κ1) is 49.6. The summed E-state index contributed by atoms with van der Waals surface area (Å²) in [4.78, 5) is 36.1. The maximum absolute atomic E-state index is 4.70. The Hall–Kier alpha value is -9.92. The van der Waals surface area contributed by atoms with E-state index in [4.69, 9.17) is 4.98 Å². The fourth-order valence-electron chi connectivity index (χ4n) is 8.85. The predicted octanol–water partition coefficient (Wildman–Crippen LogP) is 16.6. The number of nitrogens with zero attached hydrogens (tertiary/aromatic N) is 8. The summed E-state index contributed by atoms with van der Waals surface area (Å²) in [5, 5.41) is 3.31. The topological polar surface area (TPSA) is 103 Å². The van der Waals surface area contributed by atoms with Crippen LogP contribution in [0.4, 0.5) is 0 Å². The summed E-state index contributed by atoms with van der Waals surface area (Å²) in [5.41, 5.74) is 17.2. The van der Waals surface area contributed by atoms with Crippen LogP contribution in [-0.4, -0.2) is 39.9 Å². The molecule has 0 aliphatic heterocycles. The average molecular weight is 983 g/mol. The number of fused-ring (bicyclic) bond motifs is 3. The first-order valence-corrected chi connectivity index (χ1v) is 25.2. The van der Waals surface area contributed by atoms with Gasteiger partial charge in [0.15, 0.2) is 11.6 Å². The van der Waals surface area contributed by atoms with E-state index in [1.807, 2.05) is 155 Å². The Balaban J connectivity index is 0.000000118. The molecular weight excluding hydrogens is 929 g/mol. The van der Waals surface area contributed by atoms with Crippen molar-refractivity contribution in [3.8, 4) is 67.5 Å². The first-order valence-electron chi connectivity index (χ1n) is 25.2. The van der Waals surface area contributed by atoms with Gasteiger partial charge in [-0.2, -0.15) is 0 Å². The number of pyridine rings is 2. The van der Waals surface area contributed by atoms with Crippen molar-refractivity contribution in [1.82, 2.24) is 39.9 Å². The molecule has 8 nitrogen and oxygen atoms in total. The molecule has 8 heteroatoms. The number of hydrogen-bond donors (Lipinski definition) is 0. The van der Waals surface area contributed by atoms with Gasteiger partial charge in [-0.05, 0) is 92.4 Å². The number of aryl methyl sites for hydroxylation is 4. The molecule has 0 saturated carbocycles. The maximum Gasteiger partial charge on any atom is 0.160 e. The second kappa shape index (κ2) is 23.7. The normalized spacial score (nSPS) is 10.6. The van der Waals surface area contributed by atoms with Gasteiger partial charge in [0.2, 0.25) is 0 Å². The maximum atomic E-state index is 4.70. The summed E-state index contributed by atoms with van der Waals surface area (Å²) in [5.74, 6) is 2.37. The molecule has 366 valence electrons. The van der Waals surface area contributed by atoms with E-state index in [0.717, 1.165) is 101 Å². The highest BCUT2D eigenvalue weighted by Gasteiger charge is 2.10. The van der Waals surface area contributed by atoms with Crippen LogP contribution in [0.1, 0.15) is 22.9 Å². The summed E-state index contributed by atoms with van der Waals surface area (Å²) in [6, 6.07) is 82.1. The smallest absolute Gasteiger partial charge is 0.160 e. The van der Waals surface area contributed by atoms with Crippen LogP contribution < -0.4 is 0 Å². The quantitative estimate of drug-likeness (QED) is 0.162. The molecule has 8 aromatic carbocycles. The van der Waals surface area contributed by atoms with Crippen molar-refractivity contribution in [2.45, 2.75) is 27.7 Å². The summed E-state index contributed by atoms with van der Waals surface area (Å²) in [6.07, 6.45) is 3.55. The van der Waals surface area contributed by atoms with E-state index >= 15 is 0 Å². The van der Waals surface area contributed by atoms with E-state index in [-0.39, 0.29) is 0 Å². The Labute approximate surface area is 443 Å². The van der Waals surface area contributed by atoms with Crippen LogP contribution in [0.2, 0.25) is 0 Å². The average Bonchev–Trinajstić information content (AvgIpc) is 3.50. The second-order valence-corrected chi connectivity index (χ2v) is 18.1. The molecule has 0 atom stereocenters. The lowest BCUT2D eigenvalue weighted by Crippen LogP contribution is -1.94. The molecule has 0 radical (unpaired) electrons. The third-order valence-corrected chi connectivity index (χ3v) is 12.7. The highest BCUT2D eigenvalue weighted by Crippen LogP contribution is 2.30. The highest BCUT2D eigenvalue weighted by atomic mass is 14.9. The Bertz CT molecular complexity index is 4000. The molecule has 5 heterocycles. The minimum atomic E-state index is 0.779. The minimum Gasteiger partial charge on any atom is -0.265 e. The Morgan fingerprint density at radius 2 is 0.645 bits per heavy atom. The number of para-hydroxylation sites is 3. The monoisotopic (exact) mass is 982 g/mol. The third-order valence-electron chi connectivity index (χ3n) is 12.7. The van der Waals surface area contributed by atoms with E-state index in [1.165, 1.54) is 22.3 Å². The van der Waals surface area contributed by atoms with Crippen molar-refractivity contribution < 1.29 is 0 Å². The van der Waals surface area contributed by atoms with Gasteiger partial charge in [-0.25, -0.2) is 29.9 Å². The molecule has 13 rings (SSSR count). The van der Waals surface area contributed by atoms with Crippen molar-refractivity contribution in [3.63, 3.8) is 0 Å². The van der Waals surface area contributed by atoms with Gasteiger partial charge in [0, 0.05) is 67.9 Å². The molecule has 0 unspecified atom stereocenters. The molecule has 0 bridgehead atoms. The molecule has 0 N–H and O–H groups in total. The number of hydrogen-bond acceptors (Lipinski definition) is 8. The molecule has 13 aromatic rings. The van der Waals surface area contributed by atoms with Crippen molar-refractivity contribution in [3.05, 3.63) is 278 Å². The number of benzene rings is 8. The Morgan fingerprint density at radius 3 is 1.14 bits per heavy atom. The zero-order valence-corrected chi connectivity index (χ0v) is 42.8. The van der Waals surface area contributed by atoms with E-state index < -0.39 is 0 Å². The second-order valence-electron chi connectivity index (χ2n) is 18.1. The van der Waals surface area contributed by atoms with Gasteiger partial charge in [0.05, 0.1) is 27.9 Å². The summed E-state index contributed by atoms with van der Waals surface area (Å²) < 4.78 is 0. The minimum absolute atomic E-state index is 0.779. The fraction of sp³-hybridized carbons (Fsp3) is 0.0588. The summed E-state index contributed by atoms with van der Waals surface area (Å²) in [6.45, 7) is 7.99. The lowest BCUT2D eigenvalue weighted by atomic mass is 10.0. The molecule has 0 fully saturated rings. The van der Waals surface area contributed by atoms with Gasteiger partial charge in [-0.1, -0.05) is 200 Å².